The molecule has 0 saturated carbocycles. The molecule has 268 valence electrons. The maximum Gasteiger partial charge on any atom is 0.317 e. The van der Waals surface area contributed by atoms with Crippen molar-refractivity contribution in [2.75, 3.05) is 40.2 Å². The van der Waals surface area contributed by atoms with Crippen LogP contribution in [0.3, 0.4) is 0 Å². The third kappa shape index (κ3) is 7.50. The monoisotopic (exact) mass is 690 g/mol. The Labute approximate surface area is 282 Å². The Bertz CT molecular complexity index is 1520. The number of aliphatic hydroxyl groups is 2. The molecule has 0 unspecified atom stereocenters. The highest BCUT2D eigenvalue weighted by molar-refractivity contribution is 5.90. The lowest BCUT2D eigenvalue weighted by Gasteiger charge is -2.41. The molecule has 4 aliphatic rings. The van der Waals surface area contributed by atoms with Crippen LogP contribution in [0.5, 0.6) is 28.7 Å². The molecule has 0 radical (unpaired) electrons. The van der Waals surface area contributed by atoms with E-state index in [0.29, 0.717) is 36.3 Å². The Balaban J connectivity index is 1.18. The van der Waals surface area contributed by atoms with Crippen LogP contribution in [-0.4, -0.2) is 104 Å². The van der Waals surface area contributed by atoms with Crippen LogP contribution < -0.4 is 34.9 Å². The first-order chi connectivity index (χ1) is 23.5. The van der Waals surface area contributed by atoms with E-state index in [4.69, 9.17) is 53.8 Å². The SMILES string of the molecule is CNC[C@H](N)CO[C@@H]1O[C@H](COC(=O)CC(=O)O)[C@@H](O)[C@H](O)[C@@H]1OOc1ccc2c(c1)[C@H]1Oc3c(cc4c(c3CC(C)C)OCO4)[C@@H]1CO2. The predicted octanol–water partition coefficient (Wildman–Crippen LogP) is 0.930. The molecule has 16 nitrogen and oxygen atoms in total. The summed E-state index contributed by atoms with van der Waals surface area (Å²) in [7, 11) is 1.72. The number of hydrogen-bond acceptors (Lipinski definition) is 15. The van der Waals surface area contributed by atoms with Crippen LogP contribution in [0.4, 0.5) is 0 Å². The van der Waals surface area contributed by atoms with Gasteiger partial charge in [-0.05, 0) is 43.7 Å². The van der Waals surface area contributed by atoms with Gasteiger partial charge in [0, 0.05) is 29.3 Å². The third-order valence-electron chi connectivity index (χ3n) is 8.61. The number of carboxylic acid groups (broad SMARTS) is 1. The van der Waals surface area contributed by atoms with Crippen molar-refractivity contribution >= 4 is 11.9 Å². The van der Waals surface area contributed by atoms with Crippen molar-refractivity contribution in [2.24, 2.45) is 11.7 Å². The Morgan fingerprint density at radius 2 is 1.88 bits per heavy atom. The van der Waals surface area contributed by atoms with Gasteiger partial charge in [0.15, 0.2) is 29.6 Å². The van der Waals surface area contributed by atoms with Gasteiger partial charge in [0.05, 0.1) is 19.1 Å². The summed E-state index contributed by atoms with van der Waals surface area (Å²) in [6, 6.07) is 6.57. The number of carbonyl (C=O) groups is 2. The molecule has 8 atom stereocenters. The van der Waals surface area contributed by atoms with Gasteiger partial charge in [-0.1, -0.05) is 13.8 Å². The van der Waals surface area contributed by atoms with Crippen molar-refractivity contribution in [1.29, 1.82) is 0 Å². The number of esters is 1. The van der Waals surface area contributed by atoms with Gasteiger partial charge in [-0.3, -0.25) is 9.59 Å². The number of carboxylic acids is 1. The molecule has 1 fully saturated rings. The number of nitrogens with two attached hydrogens (primary N) is 1. The Morgan fingerprint density at radius 1 is 1.06 bits per heavy atom. The molecular formula is C33H42N2O14. The molecule has 4 heterocycles. The topological polar surface area (TPSA) is 216 Å². The molecule has 6 rings (SSSR count). The molecule has 16 heteroatoms. The standard InChI is InChI=1S/C33H42N2O14/c1-15(2)6-20-29-18(8-23-31(20)45-14-44-23)21-12-41-22-5-4-17(7-19(22)30(21)47-29)48-49-32-28(40)27(39)24(13-42-26(38)9-25(36)37)46-33(32)43-11-16(34)10-35-3/h4-5,7-8,15-16,21,24,27-28,30,32-33,35,39-40H,6,9-14,34H2,1-3H3,(H,36,37)/t16-,21-,24+,27+,28-,30+,32-,33+/m0/s1. The smallest absolute Gasteiger partial charge is 0.317 e. The Morgan fingerprint density at radius 3 is 2.63 bits per heavy atom. The second-order valence-corrected chi connectivity index (χ2v) is 12.8. The van der Waals surface area contributed by atoms with E-state index >= 15 is 0 Å². The highest BCUT2D eigenvalue weighted by atomic mass is 17.2. The summed E-state index contributed by atoms with van der Waals surface area (Å²) in [5.74, 6) is 0.831. The molecule has 1 saturated heterocycles. The first kappa shape index (κ1) is 34.9. The summed E-state index contributed by atoms with van der Waals surface area (Å²) in [6.45, 7) is 4.64. The highest BCUT2D eigenvalue weighted by Gasteiger charge is 2.48. The number of aliphatic hydroxyl groups excluding tert-OH is 2. The summed E-state index contributed by atoms with van der Waals surface area (Å²) in [4.78, 5) is 33.9. The van der Waals surface area contributed by atoms with Crippen molar-refractivity contribution < 1.29 is 67.8 Å². The zero-order valence-electron chi connectivity index (χ0n) is 27.4. The van der Waals surface area contributed by atoms with Gasteiger partial charge in [-0.25, -0.2) is 0 Å². The second-order valence-electron chi connectivity index (χ2n) is 12.8. The molecule has 0 aromatic heterocycles. The number of aliphatic carboxylic acids is 1. The molecule has 6 N–H and O–H groups in total. The van der Waals surface area contributed by atoms with Crippen molar-refractivity contribution in [1.82, 2.24) is 5.32 Å². The minimum absolute atomic E-state index is 0.0326. The van der Waals surface area contributed by atoms with E-state index in [1.807, 2.05) is 6.07 Å². The van der Waals surface area contributed by atoms with Crippen LogP contribution >= 0.6 is 0 Å². The molecule has 0 amide bonds. The normalized spacial score (nSPS) is 27.0. The molecule has 0 spiro atoms. The predicted molar refractivity (Wildman–Crippen MR) is 166 cm³/mol. The van der Waals surface area contributed by atoms with E-state index in [9.17, 15) is 19.8 Å². The second kappa shape index (κ2) is 14.9. The number of likely N-dealkylation sites (N-methyl/N-ethyl adjacent to an activating group) is 1. The molecule has 0 aliphatic carbocycles. The van der Waals surface area contributed by atoms with E-state index in [1.54, 1.807) is 25.2 Å². The van der Waals surface area contributed by atoms with Crippen LogP contribution in [-0.2, 0) is 35.1 Å². The van der Waals surface area contributed by atoms with Crippen molar-refractivity contribution in [3.05, 3.63) is 41.0 Å². The average Bonchev–Trinajstić information content (AvgIpc) is 3.69. The van der Waals surface area contributed by atoms with E-state index in [-0.39, 0.29) is 25.1 Å². The first-order valence-electron chi connectivity index (χ1n) is 16.2. The average molecular weight is 691 g/mol. The summed E-state index contributed by atoms with van der Waals surface area (Å²) in [5, 5.41) is 33.6. The molecule has 2 aromatic carbocycles. The van der Waals surface area contributed by atoms with Crippen LogP contribution in [0.2, 0.25) is 0 Å². The van der Waals surface area contributed by atoms with Crippen LogP contribution in [0.1, 0.15) is 49.0 Å². The van der Waals surface area contributed by atoms with E-state index in [0.717, 1.165) is 28.9 Å². The number of carbonyl (C=O) groups excluding carboxylic acids is 1. The summed E-state index contributed by atoms with van der Waals surface area (Å²) >= 11 is 0. The first-order valence-corrected chi connectivity index (χ1v) is 16.2. The van der Waals surface area contributed by atoms with Gasteiger partial charge in [-0.15, -0.1) is 0 Å². The molecule has 2 aromatic rings. The third-order valence-corrected chi connectivity index (χ3v) is 8.61. The van der Waals surface area contributed by atoms with Gasteiger partial charge in [-0.2, -0.15) is 4.89 Å². The number of fused-ring (bicyclic) bond motifs is 6. The fourth-order valence-electron chi connectivity index (χ4n) is 6.35. The number of nitrogens with one attached hydrogen (secondary N) is 1. The number of ether oxygens (including phenoxy) is 7. The summed E-state index contributed by atoms with van der Waals surface area (Å²) in [5.41, 5.74) is 8.73. The molecular weight excluding hydrogens is 648 g/mol. The minimum Gasteiger partial charge on any atom is -0.492 e. The zero-order chi connectivity index (χ0) is 34.8. The van der Waals surface area contributed by atoms with Crippen molar-refractivity contribution in [3.63, 3.8) is 0 Å². The van der Waals surface area contributed by atoms with Gasteiger partial charge in [0.1, 0.15) is 48.9 Å². The van der Waals surface area contributed by atoms with Crippen molar-refractivity contribution in [2.45, 2.75) is 75.5 Å². The summed E-state index contributed by atoms with van der Waals surface area (Å²) in [6.07, 6.45) is -7.75. The zero-order valence-corrected chi connectivity index (χ0v) is 27.4. The quantitative estimate of drug-likeness (QED) is 0.0806. The fraction of sp³-hybridized carbons (Fsp3) is 0.576. The fourth-order valence-corrected chi connectivity index (χ4v) is 6.35. The number of rotatable bonds is 14. The number of benzene rings is 2. The lowest BCUT2D eigenvalue weighted by molar-refractivity contribution is -0.372. The highest BCUT2D eigenvalue weighted by Crippen LogP contribution is 2.57. The largest absolute Gasteiger partial charge is 0.492 e. The molecule has 49 heavy (non-hydrogen) atoms. The number of hydrogen-bond donors (Lipinski definition) is 5. The van der Waals surface area contributed by atoms with E-state index in [2.05, 4.69) is 19.2 Å². The molecule has 4 aliphatic heterocycles. The van der Waals surface area contributed by atoms with Crippen LogP contribution in [0, 0.1) is 5.92 Å². The molecule has 0 bridgehead atoms. The van der Waals surface area contributed by atoms with Gasteiger partial charge >= 0.3 is 11.9 Å². The maximum absolute atomic E-state index is 11.8. The summed E-state index contributed by atoms with van der Waals surface area (Å²) < 4.78 is 40.9. The van der Waals surface area contributed by atoms with Gasteiger partial charge in [0.2, 0.25) is 6.79 Å². The lowest BCUT2D eigenvalue weighted by atomic mass is 9.87. The van der Waals surface area contributed by atoms with Crippen LogP contribution in [0.25, 0.3) is 0 Å². The Kier molecular flexibility index (Phi) is 10.6. The van der Waals surface area contributed by atoms with Crippen molar-refractivity contribution in [3.8, 4) is 28.7 Å². The van der Waals surface area contributed by atoms with Gasteiger partial charge in [0.25, 0.3) is 0 Å². The Hall–Kier alpha value is -3.90. The lowest BCUT2D eigenvalue weighted by Crippen LogP contribution is -2.61. The maximum atomic E-state index is 11.8. The van der Waals surface area contributed by atoms with Gasteiger partial charge < -0.3 is 64.4 Å². The van der Waals surface area contributed by atoms with Crippen LogP contribution in [0.15, 0.2) is 24.3 Å². The van der Waals surface area contributed by atoms with E-state index < -0.39 is 67.8 Å². The minimum atomic E-state index is -1.63. The van der Waals surface area contributed by atoms with E-state index in [1.165, 1.54) is 0 Å².